The molecule has 0 spiro atoms. The first-order valence-corrected chi connectivity index (χ1v) is 30.3. The maximum atomic E-state index is 11.0. The van der Waals surface area contributed by atoms with E-state index in [4.69, 9.17) is 0 Å². The van der Waals surface area contributed by atoms with E-state index >= 15 is 0 Å². The van der Waals surface area contributed by atoms with Gasteiger partial charge in [-0.25, -0.2) is 0 Å². The van der Waals surface area contributed by atoms with Crippen molar-refractivity contribution in [1.29, 1.82) is 0 Å². The monoisotopic (exact) mass is 979 g/mol. The first kappa shape index (κ1) is 67.6. The van der Waals surface area contributed by atoms with E-state index in [0.717, 1.165) is 19.3 Å². The Morgan fingerprint density at radius 2 is 0.329 bits per heavy atom. The predicted octanol–water partition coefficient (Wildman–Crippen LogP) is 20.0. The zero-order valence-corrected chi connectivity index (χ0v) is 47.7. The Kier molecular flexibility index (Phi) is 52.5. The van der Waals surface area contributed by atoms with Crippen molar-refractivity contribution in [2.45, 2.75) is 310 Å². The van der Waals surface area contributed by atoms with Gasteiger partial charge >= 0.3 is 17.4 Å². The zero-order valence-electron chi connectivity index (χ0n) is 46.6. The van der Waals surface area contributed by atoms with Crippen molar-refractivity contribution in [2.75, 3.05) is 0 Å². The molecule has 0 saturated carbocycles. The van der Waals surface area contributed by atoms with E-state index in [-0.39, 0.29) is 34.6 Å². The number of rotatable bonds is 45. The van der Waals surface area contributed by atoms with E-state index in [9.17, 15) is 15.3 Å². The second kappa shape index (κ2) is 54.4. The van der Waals surface area contributed by atoms with Gasteiger partial charge in [-0.2, -0.15) is 0 Å². The fourth-order valence-electron chi connectivity index (χ4n) is 9.54. The van der Waals surface area contributed by atoms with E-state index in [1.54, 1.807) is 36.4 Å². The topological polar surface area (TPSA) is 69.2 Å². The van der Waals surface area contributed by atoms with Gasteiger partial charge in [0.25, 0.3) is 0 Å². The largest absolute Gasteiger partial charge is 3.00 e. The van der Waals surface area contributed by atoms with Crippen molar-refractivity contribution in [1.82, 2.24) is 0 Å². The second-order valence-electron chi connectivity index (χ2n) is 21.0. The zero-order chi connectivity index (χ0) is 49.8. The molecule has 0 bridgehead atoms. The Morgan fingerprint density at radius 1 is 0.200 bits per heavy atom. The third-order valence-corrected chi connectivity index (χ3v) is 14.2. The fraction of sp³-hybridized carbons (Fsp3) is 0.727. The van der Waals surface area contributed by atoms with E-state index in [2.05, 4.69) is 20.8 Å². The van der Waals surface area contributed by atoms with Crippen molar-refractivity contribution in [2.24, 2.45) is 0 Å². The molecule has 3 nitrogen and oxygen atoms in total. The summed E-state index contributed by atoms with van der Waals surface area (Å²) in [6.45, 7) is 6.85. The maximum absolute atomic E-state index is 11.0. The molecule has 0 aromatic heterocycles. The Labute approximate surface area is 446 Å². The van der Waals surface area contributed by atoms with Gasteiger partial charge in [-0.1, -0.05) is 344 Å². The van der Waals surface area contributed by atoms with E-state index in [1.807, 2.05) is 36.4 Å². The Bertz CT molecular complexity index is 1250. The predicted molar refractivity (Wildman–Crippen MR) is 305 cm³/mol. The Hall–Kier alpha value is -2.41. The van der Waals surface area contributed by atoms with E-state index in [1.165, 1.54) is 286 Å². The molecule has 0 radical (unpaired) electrons. The molecule has 0 N–H and O–H groups in total. The van der Waals surface area contributed by atoms with Crippen LogP contribution in [-0.4, -0.2) is 17.4 Å². The molecule has 3 rings (SSSR count). The van der Waals surface area contributed by atoms with Crippen LogP contribution in [-0.2, 0) is 19.3 Å². The van der Waals surface area contributed by atoms with Gasteiger partial charge in [0, 0.05) is 0 Å². The van der Waals surface area contributed by atoms with Gasteiger partial charge < -0.3 is 15.3 Å². The SMILES string of the molecule is CCCCCCCCCCCCCCCCc1ccc([O-])cc1.CCCCCCCCCCCCCCCCc1ccc([O-])cc1.CCCCCCCCCCCCCCCCc1ccc([O-])cc1.[Al+3]. The Morgan fingerprint density at radius 3 is 0.471 bits per heavy atom. The van der Waals surface area contributed by atoms with Crippen molar-refractivity contribution >= 4 is 17.4 Å². The molecule has 0 heterocycles. The van der Waals surface area contributed by atoms with Gasteiger partial charge in [0.2, 0.25) is 0 Å². The normalized spacial score (nSPS) is 10.8. The van der Waals surface area contributed by atoms with Crippen LogP contribution in [0.3, 0.4) is 0 Å². The van der Waals surface area contributed by atoms with Gasteiger partial charge in [0.15, 0.2) is 0 Å². The molecule has 0 aliphatic heterocycles. The molecule has 0 fully saturated rings. The van der Waals surface area contributed by atoms with Crippen LogP contribution in [0.25, 0.3) is 0 Å². The summed E-state index contributed by atoms with van der Waals surface area (Å²) < 4.78 is 0. The molecule has 0 aliphatic rings. The first-order chi connectivity index (χ1) is 34.0. The molecule has 0 saturated heterocycles. The standard InChI is InChI=1S/3C22H38O.Al/c3*1-2-3-4-5-6-7-8-9-10-11-12-13-14-15-16-21-17-19-22(23)20-18-21;/h3*17-20,23H,2-16H2,1H3;/q;;;+3/p-3. The van der Waals surface area contributed by atoms with Crippen LogP contribution in [0.15, 0.2) is 72.8 Å². The van der Waals surface area contributed by atoms with Crippen LogP contribution >= 0.6 is 0 Å². The minimum absolute atomic E-state index is 0. The average molecular weight is 980 g/mol. The minimum atomic E-state index is 0. The summed E-state index contributed by atoms with van der Waals surface area (Å²) in [5.41, 5.74) is 3.93. The minimum Gasteiger partial charge on any atom is -0.872 e. The molecule has 3 aromatic rings. The van der Waals surface area contributed by atoms with Crippen LogP contribution in [0.1, 0.15) is 307 Å². The molecule has 70 heavy (non-hydrogen) atoms. The molecular formula is C66H111AlO3. The summed E-state index contributed by atoms with van der Waals surface area (Å²) in [5.74, 6) is 0.360. The van der Waals surface area contributed by atoms with Crippen molar-refractivity contribution < 1.29 is 15.3 Å². The summed E-state index contributed by atoms with van der Waals surface area (Å²) in [4.78, 5) is 0. The third kappa shape index (κ3) is 47.9. The Balaban J connectivity index is 0.00000101. The summed E-state index contributed by atoms with van der Waals surface area (Å²) in [6, 6.07) is 21.9. The van der Waals surface area contributed by atoms with Crippen LogP contribution in [0.2, 0.25) is 0 Å². The van der Waals surface area contributed by atoms with Crippen LogP contribution in [0.4, 0.5) is 0 Å². The third-order valence-electron chi connectivity index (χ3n) is 14.2. The molecule has 3 aromatic carbocycles. The summed E-state index contributed by atoms with van der Waals surface area (Å²) in [5, 5.41) is 33.1. The van der Waals surface area contributed by atoms with Gasteiger partial charge in [0.1, 0.15) is 0 Å². The molecule has 0 atom stereocenters. The summed E-state index contributed by atoms with van der Waals surface area (Å²) >= 11 is 0. The van der Waals surface area contributed by atoms with Crippen LogP contribution in [0.5, 0.6) is 17.2 Å². The summed E-state index contributed by atoms with van der Waals surface area (Å²) in [6.07, 6.45) is 62.4. The first-order valence-electron chi connectivity index (χ1n) is 30.3. The smallest absolute Gasteiger partial charge is 0.872 e. The van der Waals surface area contributed by atoms with Crippen molar-refractivity contribution in [3.63, 3.8) is 0 Å². The van der Waals surface area contributed by atoms with Gasteiger partial charge in [-0.15, -0.1) is 17.2 Å². The van der Waals surface area contributed by atoms with Gasteiger partial charge in [-0.05, 0) is 55.2 Å². The molecular weight excluding hydrogens is 868 g/mol. The fourth-order valence-corrected chi connectivity index (χ4v) is 9.54. The number of benzene rings is 3. The number of aryl methyl sites for hydroxylation is 3. The van der Waals surface area contributed by atoms with Crippen LogP contribution < -0.4 is 15.3 Å². The molecule has 0 amide bonds. The van der Waals surface area contributed by atoms with Gasteiger partial charge in [-0.3, -0.25) is 0 Å². The van der Waals surface area contributed by atoms with Crippen molar-refractivity contribution in [3.05, 3.63) is 89.5 Å². The summed E-state index contributed by atoms with van der Waals surface area (Å²) in [7, 11) is 0. The second-order valence-corrected chi connectivity index (χ2v) is 21.0. The molecule has 0 unspecified atom stereocenters. The van der Waals surface area contributed by atoms with Crippen molar-refractivity contribution in [3.8, 4) is 17.2 Å². The van der Waals surface area contributed by atoms with E-state index in [0.29, 0.717) is 0 Å². The molecule has 396 valence electrons. The number of hydrogen-bond donors (Lipinski definition) is 0. The van der Waals surface area contributed by atoms with Gasteiger partial charge in [0.05, 0.1) is 0 Å². The molecule has 4 heteroatoms. The average Bonchev–Trinajstić information content (AvgIpc) is 3.36. The van der Waals surface area contributed by atoms with Crippen LogP contribution in [0, 0.1) is 0 Å². The quantitative estimate of drug-likeness (QED) is 0.0418. The maximum Gasteiger partial charge on any atom is 3.00 e. The molecule has 0 aliphatic carbocycles. The number of unbranched alkanes of at least 4 members (excludes halogenated alkanes) is 39. The number of hydrogen-bond acceptors (Lipinski definition) is 3. The van der Waals surface area contributed by atoms with E-state index < -0.39 is 0 Å².